The summed E-state index contributed by atoms with van der Waals surface area (Å²) in [5.74, 6) is -0.421. The number of piperidine rings is 1. The van der Waals surface area contributed by atoms with Crippen LogP contribution in [0.4, 0.5) is 5.69 Å². The van der Waals surface area contributed by atoms with Gasteiger partial charge in [0.2, 0.25) is 5.91 Å². The van der Waals surface area contributed by atoms with E-state index in [1.165, 1.54) is 0 Å². The van der Waals surface area contributed by atoms with Crippen LogP contribution in [-0.4, -0.2) is 44.8 Å². The Labute approximate surface area is 196 Å². The van der Waals surface area contributed by atoms with Crippen LogP contribution in [0.15, 0.2) is 47.4 Å². The summed E-state index contributed by atoms with van der Waals surface area (Å²) in [5, 5.41) is 2.96. The Balaban J connectivity index is 1.71. The second-order valence-electron chi connectivity index (χ2n) is 8.69. The number of carbonyl (C=O) groups is 2. The van der Waals surface area contributed by atoms with Gasteiger partial charge in [0, 0.05) is 30.9 Å². The van der Waals surface area contributed by atoms with Crippen molar-refractivity contribution in [2.24, 2.45) is 5.92 Å². The summed E-state index contributed by atoms with van der Waals surface area (Å²) in [5.41, 5.74) is 2.36. The molecular weight excluding hydrogens is 438 g/mol. The first kappa shape index (κ1) is 24.8. The van der Waals surface area contributed by atoms with E-state index < -0.39 is 10.0 Å². The molecule has 178 valence electrons. The molecule has 0 aromatic heterocycles. The maximum absolute atomic E-state index is 13.1. The predicted molar refractivity (Wildman–Crippen MR) is 130 cm³/mol. The molecular formula is C25H33N3O4S. The number of sulfonamides is 1. The van der Waals surface area contributed by atoms with Crippen LogP contribution in [0.5, 0.6) is 0 Å². The second-order valence-corrected chi connectivity index (χ2v) is 10.3. The monoisotopic (exact) mass is 471 g/mol. The fourth-order valence-corrected chi connectivity index (χ4v) is 5.39. The molecule has 1 atom stereocenters. The number of nitrogens with one attached hydrogen (secondary N) is 2. The van der Waals surface area contributed by atoms with Gasteiger partial charge in [-0.25, -0.2) is 8.42 Å². The average molecular weight is 472 g/mol. The number of hydrogen-bond donors (Lipinski definition) is 2. The smallest absolute Gasteiger partial charge is 0.262 e. The van der Waals surface area contributed by atoms with E-state index in [0.717, 1.165) is 31.2 Å². The van der Waals surface area contributed by atoms with E-state index in [9.17, 15) is 18.0 Å². The molecule has 2 amide bonds. The number of nitrogens with zero attached hydrogens (tertiary/aromatic N) is 1. The molecule has 1 heterocycles. The molecule has 0 aliphatic carbocycles. The topological polar surface area (TPSA) is 95.6 Å². The Bertz CT molecular complexity index is 1110. The number of unbranched alkanes of at least 4 members (excludes halogenated alkanes) is 1. The van der Waals surface area contributed by atoms with Crippen LogP contribution in [0.25, 0.3) is 0 Å². The molecule has 1 aliphatic heterocycles. The summed E-state index contributed by atoms with van der Waals surface area (Å²) < 4.78 is 28.4. The van der Waals surface area contributed by atoms with Gasteiger partial charge in [0.25, 0.3) is 15.9 Å². The molecule has 33 heavy (non-hydrogen) atoms. The molecule has 0 saturated carbocycles. The zero-order valence-corrected chi connectivity index (χ0v) is 20.4. The van der Waals surface area contributed by atoms with E-state index >= 15 is 0 Å². The van der Waals surface area contributed by atoms with Crippen molar-refractivity contribution in [1.82, 2.24) is 10.2 Å². The van der Waals surface area contributed by atoms with E-state index in [0.29, 0.717) is 36.4 Å². The number of hydrogen-bond acceptors (Lipinski definition) is 4. The molecule has 2 aromatic rings. The Kier molecular flexibility index (Phi) is 8.13. The fraction of sp³-hybridized carbons (Fsp3) is 0.440. The quantitative estimate of drug-likeness (QED) is 0.571. The van der Waals surface area contributed by atoms with E-state index in [1.807, 2.05) is 13.0 Å². The maximum atomic E-state index is 13.1. The number of carbonyl (C=O) groups excluding carboxylic acids is 2. The first-order valence-electron chi connectivity index (χ1n) is 11.5. The lowest BCUT2D eigenvalue weighted by atomic mass is 9.96. The van der Waals surface area contributed by atoms with Crippen molar-refractivity contribution in [1.29, 1.82) is 0 Å². The van der Waals surface area contributed by atoms with Gasteiger partial charge in [-0.05, 0) is 62.9 Å². The largest absolute Gasteiger partial charge is 0.356 e. The first-order chi connectivity index (χ1) is 15.7. The third kappa shape index (κ3) is 6.35. The highest BCUT2D eigenvalue weighted by molar-refractivity contribution is 7.92. The molecule has 0 unspecified atom stereocenters. The van der Waals surface area contributed by atoms with Crippen LogP contribution in [-0.2, 0) is 14.8 Å². The molecule has 1 fully saturated rings. The Morgan fingerprint density at radius 1 is 1.12 bits per heavy atom. The molecule has 2 N–H and O–H groups in total. The minimum Gasteiger partial charge on any atom is -0.356 e. The van der Waals surface area contributed by atoms with Gasteiger partial charge in [0.05, 0.1) is 10.8 Å². The molecule has 1 saturated heterocycles. The number of benzene rings is 2. The summed E-state index contributed by atoms with van der Waals surface area (Å²) in [6, 6.07) is 11.7. The number of amides is 2. The van der Waals surface area contributed by atoms with Gasteiger partial charge in [-0.2, -0.15) is 0 Å². The summed E-state index contributed by atoms with van der Waals surface area (Å²) in [7, 11) is -3.79. The third-order valence-electron chi connectivity index (χ3n) is 5.89. The highest BCUT2D eigenvalue weighted by Crippen LogP contribution is 2.23. The van der Waals surface area contributed by atoms with Gasteiger partial charge < -0.3 is 10.2 Å². The summed E-state index contributed by atoms with van der Waals surface area (Å²) in [6.45, 7) is 7.34. The third-order valence-corrected chi connectivity index (χ3v) is 7.43. The normalized spacial score (nSPS) is 16.3. The van der Waals surface area contributed by atoms with Crippen molar-refractivity contribution in [3.63, 3.8) is 0 Å². The zero-order chi connectivity index (χ0) is 24.0. The van der Waals surface area contributed by atoms with Crippen molar-refractivity contribution in [3.8, 4) is 0 Å². The fourth-order valence-electron chi connectivity index (χ4n) is 4.12. The molecule has 2 aromatic carbocycles. The van der Waals surface area contributed by atoms with Gasteiger partial charge >= 0.3 is 0 Å². The summed E-state index contributed by atoms with van der Waals surface area (Å²) >= 11 is 0. The van der Waals surface area contributed by atoms with E-state index in [2.05, 4.69) is 17.0 Å². The van der Waals surface area contributed by atoms with Gasteiger partial charge in [-0.1, -0.05) is 37.1 Å². The first-order valence-corrected chi connectivity index (χ1v) is 13.0. The minimum absolute atomic E-state index is 0.00377. The zero-order valence-electron chi connectivity index (χ0n) is 19.6. The van der Waals surface area contributed by atoms with Gasteiger partial charge in [-0.3, -0.25) is 14.3 Å². The van der Waals surface area contributed by atoms with Crippen LogP contribution < -0.4 is 10.0 Å². The number of aryl methyl sites for hydroxylation is 2. The second kappa shape index (κ2) is 10.8. The highest BCUT2D eigenvalue weighted by atomic mass is 32.2. The lowest BCUT2D eigenvalue weighted by Gasteiger charge is -2.32. The highest BCUT2D eigenvalue weighted by Gasteiger charge is 2.29. The van der Waals surface area contributed by atoms with Gasteiger partial charge in [0.15, 0.2) is 0 Å². The van der Waals surface area contributed by atoms with Crippen LogP contribution in [0.3, 0.4) is 0 Å². The molecule has 8 heteroatoms. The summed E-state index contributed by atoms with van der Waals surface area (Å²) in [4.78, 5) is 27.5. The average Bonchev–Trinajstić information content (AvgIpc) is 2.78. The molecule has 7 nitrogen and oxygen atoms in total. The van der Waals surface area contributed by atoms with Crippen molar-refractivity contribution >= 4 is 27.5 Å². The molecule has 3 rings (SSSR count). The van der Waals surface area contributed by atoms with Crippen LogP contribution in [0.1, 0.15) is 54.1 Å². The lowest BCUT2D eigenvalue weighted by molar-refractivity contribution is -0.126. The number of anilines is 1. The Morgan fingerprint density at radius 3 is 2.64 bits per heavy atom. The van der Waals surface area contributed by atoms with Crippen LogP contribution in [0.2, 0.25) is 0 Å². The van der Waals surface area contributed by atoms with Crippen LogP contribution in [0, 0.1) is 19.8 Å². The van der Waals surface area contributed by atoms with E-state index in [1.54, 1.807) is 48.2 Å². The van der Waals surface area contributed by atoms with Crippen LogP contribution >= 0.6 is 0 Å². The predicted octanol–water partition coefficient (Wildman–Crippen LogP) is 3.87. The molecule has 1 aliphatic rings. The molecule has 0 bridgehead atoms. The van der Waals surface area contributed by atoms with Gasteiger partial charge in [-0.15, -0.1) is 0 Å². The standard InChI is InChI=1S/C25H33N3O4S/c1-4-5-13-26-24(29)21-9-7-14-28(17-21)25(30)20-8-6-10-22(16-20)27-33(31,32)23-12-11-18(2)15-19(23)3/h6,8,10-12,15-16,21,27H,4-5,7,9,13-14,17H2,1-3H3,(H,26,29)/t21-/m1/s1. The van der Waals surface area contributed by atoms with Crippen molar-refractivity contribution in [2.75, 3.05) is 24.4 Å². The summed E-state index contributed by atoms with van der Waals surface area (Å²) in [6.07, 6.45) is 3.47. The maximum Gasteiger partial charge on any atom is 0.262 e. The molecule has 0 radical (unpaired) electrons. The van der Waals surface area contributed by atoms with Gasteiger partial charge in [0.1, 0.15) is 0 Å². The SMILES string of the molecule is CCCCNC(=O)[C@@H]1CCCN(C(=O)c2cccc(NS(=O)(=O)c3ccc(C)cc3C)c2)C1. The van der Waals surface area contributed by atoms with E-state index in [-0.39, 0.29) is 22.6 Å². The van der Waals surface area contributed by atoms with Crippen molar-refractivity contribution < 1.29 is 18.0 Å². The minimum atomic E-state index is -3.79. The van der Waals surface area contributed by atoms with Crippen molar-refractivity contribution in [2.45, 2.75) is 51.3 Å². The van der Waals surface area contributed by atoms with E-state index in [4.69, 9.17) is 0 Å². The number of likely N-dealkylation sites (tertiary alicyclic amines) is 1. The number of rotatable bonds is 8. The Hall–Kier alpha value is -2.87. The lowest BCUT2D eigenvalue weighted by Crippen LogP contribution is -2.45. The van der Waals surface area contributed by atoms with Crippen molar-refractivity contribution in [3.05, 3.63) is 59.2 Å². The molecule has 0 spiro atoms. The Morgan fingerprint density at radius 2 is 1.91 bits per heavy atom.